The molecule has 10 heteroatoms. The van der Waals surface area contributed by atoms with Crippen LogP contribution in [0.3, 0.4) is 0 Å². The molecule has 2 aliphatic rings. The van der Waals surface area contributed by atoms with Crippen LogP contribution < -0.4 is 14.8 Å². The van der Waals surface area contributed by atoms with Crippen LogP contribution in [0.5, 0.6) is 11.5 Å². The smallest absolute Gasteiger partial charge is 0.243 e. The third-order valence-corrected chi connectivity index (χ3v) is 8.35. The number of thiophene rings is 1. The first-order chi connectivity index (χ1) is 14.9. The summed E-state index contributed by atoms with van der Waals surface area (Å²) in [5.74, 6) is 0.984. The number of sulfonamides is 1. The number of benzene rings is 1. The van der Waals surface area contributed by atoms with Gasteiger partial charge in [0.1, 0.15) is 0 Å². The number of carbonyl (C=O) groups excluding carboxylic acids is 1. The highest BCUT2D eigenvalue weighted by atomic mass is 32.2. The fourth-order valence-electron chi connectivity index (χ4n) is 3.68. The number of hydrogen-bond donors (Lipinski definition) is 1. The number of nitrogens with one attached hydrogen (secondary N) is 1. The molecule has 2 aliphatic heterocycles. The van der Waals surface area contributed by atoms with E-state index < -0.39 is 10.0 Å². The number of fused-ring (bicyclic) bond motifs is 1. The first-order valence-electron chi connectivity index (χ1n) is 10.4. The second-order valence-electron chi connectivity index (χ2n) is 7.64. The molecule has 0 radical (unpaired) electrons. The van der Waals surface area contributed by atoms with E-state index in [0.717, 1.165) is 11.3 Å². The topological polar surface area (TPSA) is 88.2 Å². The monoisotopic (exact) mass is 465 g/mol. The van der Waals surface area contributed by atoms with Crippen molar-refractivity contribution in [1.82, 2.24) is 14.5 Å². The highest BCUT2D eigenvalue weighted by molar-refractivity contribution is 7.89. The van der Waals surface area contributed by atoms with Crippen molar-refractivity contribution in [3.8, 4) is 11.5 Å². The van der Waals surface area contributed by atoms with Crippen molar-refractivity contribution in [3.05, 3.63) is 40.6 Å². The van der Waals surface area contributed by atoms with E-state index in [2.05, 4.69) is 5.32 Å². The lowest BCUT2D eigenvalue weighted by Crippen LogP contribution is -2.51. The Hall–Kier alpha value is -2.14. The molecule has 4 rings (SSSR count). The molecule has 0 spiro atoms. The Morgan fingerprint density at radius 1 is 1.13 bits per heavy atom. The summed E-state index contributed by atoms with van der Waals surface area (Å²) < 4.78 is 38.9. The minimum Gasteiger partial charge on any atom is -0.490 e. The second kappa shape index (κ2) is 9.56. The predicted molar refractivity (Wildman–Crippen MR) is 118 cm³/mol. The number of amides is 1. The zero-order chi connectivity index (χ0) is 21.8. The molecule has 2 aromatic rings. The summed E-state index contributed by atoms with van der Waals surface area (Å²) in [6.45, 7) is 4.96. The summed E-state index contributed by atoms with van der Waals surface area (Å²) in [6, 6.07) is 8.69. The molecule has 1 amide bonds. The second-order valence-corrected chi connectivity index (χ2v) is 10.6. The van der Waals surface area contributed by atoms with Crippen LogP contribution in [0.4, 0.5) is 0 Å². The van der Waals surface area contributed by atoms with Crippen LogP contribution in [-0.4, -0.2) is 69.5 Å². The normalized spacial score (nSPS) is 18.9. The Balaban J connectivity index is 1.32. The Bertz CT molecular complexity index is 1000. The van der Waals surface area contributed by atoms with Crippen LogP contribution in [0.2, 0.25) is 0 Å². The van der Waals surface area contributed by atoms with Crippen molar-refractivity contribution in [2.75, 3.05) is 45.9 Å². The fraction of sp³-hybridized carbons (Fsp3) is 0.476. The van der Waals surface area contributed by atoms with Gasteiger partial charge in [-0.05, 0) is 30.5 Å². The van der Waals surface area contributed by atoms with Gasteiger partial charge in [0.15, 0.2) is 11.5 Å². The molecule has 31 heavy (non-hydrogen) atoms. The molecule has 3 heterocycles. The average Bonchev–Trinajstić information content (AvgIpc) is 3.19. The van der Waals surface area contributed by atoms with Gasteiger partial charge in [-0.3, -0.25) is 9.69 Å². The molecule has 8 nitrogen and oxygen atoms in total. The number of hydrogen-bond acceptors (Lipinski definition) is 7. The van der Waals surface area contributed by atoms with Gasteiger partial charge in [0.2, 0.25) is 15.9 Å². The summed E-state index contributed by atoms with van der Waals surface area (Å²) in [5, 5.41) is 4.99. The van der Waals surface area contributed by atoms with Crippen molar-refractivity contribution in [3.63, 3.8) is 0 Å². The van der Waals surface area contributed by atoms with Crippen LogP contribution >= 0.6 is 11.3 Å². The molecule has 1 N–H and O–H groups in total. The largest absolute Gasteiger partial charge is 0.490 e. The maximum Gasteiger partial charge on any atom is 0.243 e. The van der Waals surface area contributed by atoms with E-state index in [1.165, 1.54) is 4.31 Å². The van der Waals surface area contributed by atoms with Crippen LogP contribution in [0, 0.1) is 0 Å². The predicted octanol–water partition coefficient (Wildman–Crippen LogP) is 2.09. The first-order valence-corrected chi connectivity index (χ1v) is 12.7. The Morgan fingerprint density at radius 3 is 2.58 bits per heavy atom. The van der Waals surface area contributed by atoms with Crippen molar-refractivity contribution in [2.24, 2.45) is 0 Å². The van der Waals surface area contributed by atoms with Gasteiger partial charge in [-0.25, -0.2) is 8.42 Å². The summed E-state index contributed by atoms with van der Waals surface area (Å²) in [4.78, 5) is 15.7. The van der Waals surface area contributed by atoms with E-state index in [-0.39, 0.29) is 23.4 Å². The standard InChI is InChI=1S/C21H27N3O5S2/c1-16(20-4-2-13-30-20)22-21(25)15-23-7-9-24(10-8-23)31(26,27)17-5-6-18-19(14-17)29-12-3-11-28-18/h2,4-6,13-14,16H,3,7-12,15H2,1H3,(H,22,25)/t16-/m0/s1. The molecule has 0 bridgehead atoms. The van der Waals surface area contributed by atoms with E-state index in [1.54, 1.807) is 29.5 Å². The Morgan fingerprint density at radius 2 is 1.87 bits per heavy atom. The summed E-state index contributed by atoms with van der Waals surface area (Å²) in [7, 11) is -3.64. The number of ether oxygens (including phenoxy) is 2. The molecular formula is C21H27N3O5S2. The van der Waals surface area contributed by atoms with Gasteiger partial charge < -0.3 is 14.8 Å². The number of nitrogens with zero attached hydrogens (tertiary/aromatic N) is 2. The highest BCUT2D eigenvalue weighted by Crippen LogP contribution is 2.33. The van der Waals surface area contributed by atoms with Gasteiger partial charge in [-0.2, -0.15) is 4.31 Å². The summed E-state index contributed by atoms with van der Waals surface area (Å²) in [6.07, 6.45) is 0.762. The van der Waals surface area contributed by atoms with Gasteiger partial charge in [-0.1, -0.05) is 6.07 Å². The quantitative estimate of drug-likeness (QED) is 0.703. The lowest BCUT2D eigenvalue weighted by atomic mass is 10.2. The van der Waals surface area contributed by atoms with Crippen LogP contribution in [0.1, 0.15) is 24.3 Å². The number of rotatable bonds is 6. The lowest BCUT2D eigenvalue weighted by molar-refractivity contribution is -0.123. The zero-order valence-electron chi connectivity index (χ0n) is 17.5. The summed E-state index contributed by atoms with van der Waals surface area (Å²) in [5.41, 5.74) is 0. The minimum atomic E-state index is -3.64. The van der Waals surface area contributed by atoms with Crippen molar-refractivity contribution in [2.45, 2.75) is 24.3 Å². The molecule has 1 fully saturated rings. The molecule has 0 unspecified atom stereocenters. The molecule has 168 valence electrons. The SMILES string of the molecule is C[C@H](NC(=O)CN1CCN(S(=O)(=O)c2ccc3c(c2)OCCCO3)CC1)c1cccs1. The molecule has 1 saturated heterocycles. The van der Waals surface area contributed by atoms with Crippen molar-refractivity contribution in [1.29, 1.82) is 0 Å². The lowest BCUT2D eigenvalue weighted by Gasteiger charge is -2.33. The number of piperazine rings is 1. The maximum absolute atomic E-state index is 13.1. The zero-order valence-corrected chi connectivity index (χ0v) is 19.1. The summed E-state index contributed by atoms with van der Waals surface area (Å²) >= 11 is 1.61. The molecule has 0 aliphatic carbocycles. The van der Waals surface area contributed by atoms with E-state index in [4.69, 9.17) is 9.47 Å². The Kier molecular flexibility index (Phi) is 6.80. The molecule has 1 aromatic carbocycles. The van der Waals surface area contributed by atoms with Gasteiger partial charge in [0.05, 0.1) is 30.7 Å². The van der Waals surface area contributed by atoms with E-state index in [0.29, 0.717) is 50.9 Å². The van der Waals surface area contributed by atoms with Gasteiger partial charge in [0, 0.05) is 43.5 Å². The van der Waals surface area contributed by atoms with Crippen LogP contribution in [0.25, 0.3) is 0 Å². The highest BCUT2D eigenvalue weighted by Gasteiger charge is 2.30. The van der Waals surface area contributed by atoms with Gasteiger partial charge in [0.25, 0.3) is 0 Å². The first kappa shape index (κ1) is 22.1. The van der Waals surface area contributed by atoms with Crippen molar-refractivity contribution < 1.29 is 22.7 Å². The van der Waals surface area contributed by atoms with Crippen LogP contribution in [-0.2, 0) is 14.8 Å². The molecule has 1 atom stereocenters. The minimum absolute atomic E-state index is 0.0337. The van der Waals surface area contributed by atoms with E-state index >= 15 is 0 Å². The Labute approximate surface area is 186 Å². The molecule has 1 aromatic heterocycles. The van der Waals surface area contributed by atoms with Crippen LogP contribution in [0.15, 0.2) is 40.6 Å². The average molecular weight is 466 g/mol. The fourth-order valence-corrected chi connectivity index (χ4v) is 5.85. The third kappa shape index (κ3) is 5.20. The van der Waals surface area contributed by atoms with E-state index in [1.807, 2.05) is 29.3 Å². The molecular weight excluding hydrogens is 438 g/mol. The molecule has 0 saturated carbocycles. The van der Waals surface area contributed by atoms with Gasteiger partial charge >= 0.3 is 0 Å². The van der Waals surface area contributed by atoms with Crippen molar-refractivity contribution >= 4 is 27.3 Å². The third-order valence-electron chi connectivity index (χ3n) is 5.40. The van der Waals surface area contributed by atoms with E-state index in [9.17, 15) is 13.2 Å². The van der Waals surface area contributed by atoms with Gasteiger partial charge in [-0.15, -0.1) is 11.3 Å². The number of carbonyl (C=O) groups is 1. The maximum atomic E-state index is 13.1.